The van der Waals surface area contributed by atoms with Gasteiger partial charge in [-0.25, -0.2) is 4.98 Å². The maximum Gasteiger partial charge on any atom is 0.256 e. The van der Waals surface area contributed by atoms with Gasteiger partial charge < -0.3 is 20.5 Å². The second kappa shape index (κ2) is 8.69. The molecule has 4 rings (SSSR count). The van der Waals surface area contributed by atoms with Gasteiger partial charge in [-0.1, -0.05) is 35.0 Å². The number of rotatable bonds is 3. The minimum absolute atomic E-state index is 0.279. The van der Waals surface area contributed by atoms with Crippen LogP contribution in [0.3, 0.4) is 0 Å². The number of benzene rings is 2. The Kier molecular flexibility index (Phi) is 6.08. The molecule has 0 aliphatic heterocycles. The van der Waals surface area contributed by atoms with E-state index < -0.39 is 11.7 Å². The highest BCUT2D eigenvalue weighted by Gasteiger charge is 2.21. The van der Waals surface area contributed by atoms with E-state index in [1.807, 2.05) is 0 Å². The topological polar surface area (TPSA) is 98.2 Å². The van der Waals surface area contributed by atoms with Gasteiger partial charge in [0.2, 0.25) is 0 Å². The highest BCUT2D eigenvalue weighted by atomic mass is 35.5. The number of aromatic amines is 1. The molecule has 2 aromatic heterocycles. The molecule has 8 heteroatoms. The van der Waals surface area contributed by atoms with Gasteiger partial charge in [-0.3, -0.25) is 4.79 Å². The quantitative estimate of drug-likeness (QED) is 0.241. The van der Waals surface area contributed by atoms with Crippen LogP contribution >= 0.6 is 23.2 Å². The summed E-state index contributed by atoms with van der Waals surface area (Å²) in [5.41, 5.74) is 0.828. The second-order valence-corrected chi connectivity index (χ2v) is 9.05. The lowest BCUT2D eigenvalue weighted by Gasteiger charge is -2.20. The van der Waals surface area contributed by atoms with Gasteiger partial charge in [0.05, 0.1) is 32.2 Å². The van der Waals surface area contributed by atoms with Crippen LogP contribution in [0.1, 0.15) is 31.9 Å². The molecule has 0 unspecified atom stereocenters. The van der Waals surface area contributed by atoms with Crippen molar-refractivity contribution in [3.8, 4) is 11.8 Å². The van der Waals surface area contributed by atoms with Gasteiger partial charge in [0.25, 0.3) is 5.56 Å². The number of hydrogen-bond acceptors (Lipinski definition) is 5. The van der Waals surface area contributed by atoms with E-state index in [0.717, 1.165) is 0 Å². The molecule has 0 spiro atoms. The van der Waals surface area contributed by atoms with Crippen LogP contribution in [0.25, 0.3) is 21.7 Å². The summed E-state index contributed by atoms with van der Waals surface area (Å²) in [6.07, 6.45) is 0.781. The molecule has 2 heterocycles. The minimum atomic E-state index is -1.11. The molecule has 0 bridgehead atoms. The van der Waals surface area contributed by atoms with Crippen LogP contribution in [-0.4, -0.2) is 26.3 Å². The number of fused-ring (bicyclic) bond motifs is 3. The number of aliphatic hydroxyl groups is 2. The number of nitrogens with one attached hydrogen (secondary N) is 2. The number of pyridine rings is 2. The maximum atomic E-state index is 12.8. The molecule has 0 aliphatic carbocycles. The average Bonchev–Trinajstić information content (AvgIpc) is 2.74. The predicted octanol–water partition coefficient (Wildman–Crippen LogP) is 5.09. The van der Waals surface area contributed by atoms with Gasteiger partial charge >= 0.3 is 0 Å². The Morgan fingerprint density at radius 3 is 2.45 bits per heavy atom. The lowest BCUT2D eigenvalue weighted by Crippen LogP contribution is -2.15. The summed E-state index contributed by atoms with van der Waals surface area (Å²) in [6.45, 7) is 4.87. The van der Waals surface area contributed by atoms with E-state index in [4.69, 9.17) is 28.2 Å². The van der Waals surface area contributed by atoms with Crippen LogP contribution in [0.4, 0.5) is 11.5 Å². The number of hydrogen-bond donors (Lipinski definition) is 4. The van der Waals surface area contributed by atoms with Gasteiger partial charge in [0, 0.05) is 22.5 Å². The predicted molar refractivity (Wildman–Crippen MR) is 133 cm³/mol. The zero-order chi connectivity index (χ0) is 23.9. The number of halogens is 2. The molecule has 0 saturated heterocycles. The molecule has 4 N–H and O–H groups in total. The van der Waals surface area contributed by atoms with Crippen LogP contribution < -0.4 is 10.9 Å². The fraction of sp³-hybridized carbons (Fsp3) is 0.200. The van der Waals surface area contributed by atoms with Crippen molar-refractivity contribution in [2.24, 2.45) is 0 Å². The molecule has 1 atom stereocenters. The lowest BCUT2D eigenvalue weighted by molar-refractivity contribution is 0.0786. The molecule has 0 fully saturated rings. The summed E-state index contributed by atoms with van der Waals surface area (Å²) in [5, 5.41) is 25.2. The summed E-state index contributed by atoms with van der Waals surface area (Å²) in [5.74, 6) is 6.01. The Morgan fingerprint density at radius 2 is 1.82 bits per heavy atom. The summed E-state index contributed by atoms with van der Waals surface area (Å²) in [6, 6.07) is 10.3. The lowest BCUT2D eigenvalue weighted by atomic mass is 9.98. The van der Waals surface area contributed by atoms with E-state index in [2.05, 4.69) is 22.1 Å². The van der Waals surface area contributed by atoms with E-state index in [1.54, 1.807) is 63.4 Å². The molecular formula is C25H21Cl2N3O3. The van der Waals surface area contributed by atoms with Crippen molar-refractivity contribution in [1.82, 2.24) is 9.97 Å². The normalized spacial score (nSPS) is 12.5. The monoisotopic (exact) mass is 481 g/mol. The first-order valence-corrected chi connectivity index (χ1v) is 10.9. The van der Waals surface area contributed by atoms with Crippen molar-refractivity contribution < 1.29 is 10.2 Å². The van der Waals surface area contributed by atoms with Gasteiger partial charge in [-0.15, -0.1) is 0 Å². The van der Waals surface area contributed by atoms with Crippen LogP contribution in [0.15, 0.2) is 47.4 Å². The first-order chi connectivity index (χ1) is 15.5. The molecule has 168 valence electrons. The number of aliphatic hydroxyl groups excluding tert-OH is 1. The van der Waals surface area contributed by atoms with E-state index >= 15 is 0 Å². The third-order valence-electron chi connectivity index (χ3n) is 5.13. The first kappa shape index (κ1) is 23.1. The summed E-state index contributed by atoms with van der Waals surface area (Å²) < 4.78 is 0. The molecule has 0 amide bonds. The third-order valence-corrected chi connectivity index (χ3v) is 5.73. The Hall–Kier alpha value is -3.08. The van der Waals surface area contributed by atoms with Crippen molar-refractivity contribution >= 4 is 56.4 Å². The average molecular weight is 482 g/mol. The Labute approximate surface area is 200 Å². The maximum absolute atomic E-state index is 12.8. The minimum Gasteiger partial charge on any atom is -0.386 e. The highest BCUT2D eigenvalue weighted by Crippen LogP contribution is 2.38. The van der Waals surface area contributed by atoms with Gasteiger partial charge in [-0.2, -0.15) is 0 Å². The molecule has 6 nitrogen and oxygen atoms in total. The Bertz CT molecular complexity index is 1490. The van der Waals surface area contributed by atoms with Crippen LogP contribution in [-0.2, 0) is 5.60 Å². The van der Waals surface area contributed by atoms with Gasteiger partial charge in [0.15, 0.2) is 0 Å². The third kappa shape index (κ3) is 4.68. The fourth-order valence-corrected chi connectivity index (χ4v) is 4.06. The van der Waals surface area contributed by atoms with Crippen LogP contribution in [0.2, 0.25) is 10.0 Å². The Balaban J connectivity index is 1.91. The van der Waals surface area contributed by atoms with Crippen LogP contribution in [0.5, 0.6) is 0 Å². The number of nitrogens with zero attached hydrogens (tertiary/aromatic N) is 1. The fourth-order valence-electron chi connectivity index (χ4n) is 3.48. The zero-order valence-corrected chi connectivity index (χ0v) is 19.6. The van der Waals surface area contributed by atoms with E-state index in [9.17, 15) is 15.0 Å². The molecular weight excluding hydrogens is 461 g/mol. The molecule has 0 radical (unpaired) electrons. The van der Waals surface area contributed by atoms with Gasteiger partial charge in [-0.05, 0) is 62.7 Å². The molecule has 0 aliphatic rings. The number of H-pyrrole nitrogens is 1. The SMILES string of the molecule is C[C@H](O)C#Cc1ccc2nc(Nc3c(Cl)cc(C(C)(C)O)cc3Cl)c3cc[nH]c(=O)c3c2c1. The first-order valence-electron chi connectivity index (χ1n) is 10.2. The largest absolute Gasteiger partial charge is 0.386 e. The standard InChI is InChI=1S/C25H21Cl2N3O3/c1-13(31)4-5-14-6-7-20-17(10-14)21-16(8-9-28-24(21)32)23(29-20)30-22-18(26)11-15(12-19(22)27)25(2,3)33/h6-13,31,33H,1-3H3,(H,28,32)(H,29,30)/t13-/m0/s1. The van der Waals surface area contributed by atoms with Crippen molar-refractivity contribution in [3.63, 3.8) is 0 Å². The summed E-state index contributed by atoms with van der Waals surface area (Å²) in [7, 11) is 0. The number of aromatic nitrogens is 2. The van der Waals surface area contributed by atoms with Gasteiger partial charge in [0.1, 0.15) is 11.9 Å². The molecule has 33 heavy (non-hydrogen) atoms. The van der Waals surface area contributed by atoms with Crippen molar-refractivity contribution in [1.29, 1.82) is 0 Å². The zero-order valence-electron chi connectivity index (χ0n) is 18.1. The van der Waals surface area contributed by atoms with E-state index in [0.29, 0.717) is 54.4 Å². The van der Waals surface area contributed by atoms with Crippen molar-refractivity contribution in [2.75, 3.05) is 5.32 Å². The van der Waals surface area contributed by atoms with Crippen LogP contribution in [0, 0.1) is 11.8 Å². The van der Waals surface area contributed by atoms with E-state index in [1.165, 1.54) is 0 Å². The number of anilines is 2. The highest BCUT2D eigenvalue weighted by molar-refractivity contribution is 6.39. The molecule has 4 aromatic rings. The Morgan fingerprint density at radius 1 is 1.12 bits per heavy atom. The summed E-state index contributed by atoms with van der Waals surface area (Å²) in [4.78, 5) is 20.2. The summed E-state index contributed by atoms with van der Waals surface area (Å²) >= 11 is 13.0. The smallest absolute Gasteiger partial charge is 0.256 e. The second-order valence-electron chi connectivity index (χ2n) is 8.23. The van der Waals surface area contributed by atoms with Crippen molar-refractivity contribution in [2.45, 2.75) is 32.5 Å². The molecule has 0 saturated carbocycles. The van der Waals surface area contributed by atoms with Crippen molar-refractivity contribution in [3.05, 3.63) is 74.1 Å². The molecule has 2 aromatic carbocycles. The van der Waals surface area contributed by atoms with E-state index in [-0.39, 0.29) is 5.56 Å².